The maximum atomic E-state index is 12.7. The Bertz CT molecular complexity index is 557. The average Bonchev–Trinajstić information content (AvgIpc) is 2.41. The molecule has 2 aromatic rings. The van der Waals surface area contributed by atoms with Crippen LogP contribution in [0.1, 0.15) is 0 Å². The van der Waals surface area contributed by atoms with Crippen molar-refractivity contribution in [2.75, 3.05) is 11.1 Å². The first-order chi connectivity index (χ1) is 9.13. The van der Waals surface area contributed by atoms with Crippen molar-refractivity contribution in [2.24, 2.45) is 0 Å². The second-order valence-electron chi connectivity index (χ2n) is 3.80. The van der Waals surface area contributed by atoms with Crippen molar-refractivity contribution in [3.8, 4) is 0 Å². The highest BCUT2D eigenvalue weighted by Crippen LogP contribution is 2.20. The van der Waals surface area contributed by atoms with E-state index in [1.807, 2.05) is 12.1 Å². The third kappa shape index (κ3) is 4.58. The standard InChI is InChI=1S/C14H11ClFNOS/c15-10-1-7-13(8-2-10)19-9-14(18)17-12-5-3-11(16)4-6-12/h1-8H,9H2,(H,17,18). The largest absolute Gasteiger partial charge is 0.325 e. The van der Waals surface area contributed by atoms with Gasteiger partial charge in [-0.1, -0.05) is 11.6 Å². The first-order valence-electron chi connectivity index (χ1n) is 5.57. The Morgan fingerprint density at radius 3 is 2.37 bits per heavy atom. The molecule has 2 aromatic carbocycles. The second kappa shape index (κ2) is 6.59. The number of hydrogen-bond acceptors (Lipinski definition) is 2. The van der Waals surface area contributed by atoms with Crippen LogP contribution in [-0.4, -0.2) is 11.7 Å². The van der Waals surface area contributed by atoms with Crippen molar-refractivity contribution in [1.82, 2.24) is 0 Å². The van der Waals surface area contributed by atoms with E-state index in [0.717, 1.165) is 4.90 Å². The lowest BCUT2D eigenvalue weighted by molar-refractivity contribution is -0.113. The van der Waals surface area contributed by atoms with Crippen molar-refractivity contribution in [3.63, 3.8) is 0 Å². The van der Waals surface area contributed by atoms with Crippen LogP contribution in [0.15, 0.2) is 53.4 Å². The van der Waals surface area contributed by atoms with Gasteiger partial charge in [-0.05, 0) is 48.5 Å². The molecule has 0 heterocycles. The molecule has 0 radical (unpaired) electrons. The molecule has 0 atom stereocenters. The van der Waals surface area contributed by atoms with E-state index in [4.69, 9.17) is 11.6 Å². The van der Waals surface area contributed by atoms with Crippen molar-refractivity contribution in [2.45, 2.75) is 4.90 Å². The summed E-state index contributed by atoms with van der Waals surface area (Å²) < 4.78 is 12.7. The summed E-state index contributed by atoms with van der Waals surface area (Å²) >= 11 is 7.19. The third-order valence-electron chi connectivity index (χ3n) is 2.31. The van der Waals surface area contributed by atoms with Gasteiger partial charge in [0.2, 0.25) is 5.91 Å². The molecule has 0 aliphatic carbocycles. The molecule has 5 heteroatoms. The number of halogens is 2. The summed E-state index contributed by atoms with van der Waals surface area (Å²) in [4.78, 5) is 12.7. The third-order valence-corrected chi connectivity index (χ3v) is 3.58. The molecule has 0 aliphatic heterocycles. The number of rotatable bonds is 4. The molecule has 0 bridgehead atoms. The van der Waals surface area contributed by atoms with Gasteiger partial charge in [0.1, 0.15) is 5.82 Å². The van der Waals surface area contributed by atoms with Gasteiger partial charge in [-0.2, -0.15) is 0 Å². The molecule has 2 rings (SSSR count). The summed E-state index contributed by atoms with van der Waals surface area (Å²) in [6.07, 6.45) is 0. The van der Waals surface area contributed by atoms with Gasteiger partial charge in [-0.3, -0.25) is 4.79 Å². The van der Waals surface area contributed by atoms with Crippen LogP contribution < -0.4 is 5.32 Å². The lowest BCUT2D eigenvalue weighted by Crippen LogP contribution is -2.13. The van der Waals surface area contributed by atoms with Crippen LogP contribution in [0, 0.1) is 5.82 Å². The number of thioether (sulfide) groups is 1. The van der Waals surface area contributed by atoms with Gasteiger partial charge in [0.15, 0.2) is 0 Å². The van der Waals surface area contributed by atoms with Crippen molar-refractivity contribution >= 4 is 35.0 Å². The van der Waals surface area contributed by atoms with Crippen molar-refractivity contribution in [3.05, 3.63) is 59.4 Å². The maximum Gasteiger partial charge on any atom is 0.234 e. The zero-order chi connectivity index (χ0) is 13.7. The first-order valence-corrected chi connectivity index (χ1v) is 6.93. The normalized spacial score (nSPS) is 10.2. The minimum Gasteiger partial charge on any atom is -0.325 e. The smallest absolute Gasteiger partial charge is 0.234 e. The van der Waals surface area contributed by atoms with Crippen molar-refractivity contribution in [1.29, 1.82) is 0 Å². The predicted octanol–water partition coefficient (Wildman–Crippen LogP) is 4.21. The molecule has 1 N–H and O–H groups in total. The van der Waals surface area contributed by atoms with E-state index in [-0.39, 0.29) is 11.7 Å². The Morgan fingerprint density at radius 2 is 1.74 bits per heavy atom. The molecular weight excluding hydrogens is 285 g/mol. The number of nitrogens with one attached hydrogen (secondary N) is 1. The van der Waals surface area contributed by atoms with E-state index in [1.54, 1.807) is 12.1 Å². The summed E-state index contributed by atoms with van der Waals surface area (Å²) in [5.41, 5.74) is 0.586. The van der Waals surface area contributed by atoms with Gasteiger partial charge in [-0.25, -0.2) is 4.39 Å². The van der Waals surface area contributed by atoms with Gasteiger partial charge < -0.3 is 5.32 Å². The fourth-order valence-corrected chi connectivity index (χ4v) is 2.23. The Morgan fingerprint density at radius 1 is 1.11 bits per heavy atom. The van der Waals surface area contributed by atoms with E-state index in [1.165, 1.54) is 36.0 Å². The van der Waals surface area contributed by atoms with E-state index in [9.17, 15) is 9.18 Å². The molecule has 0 spiro atoms. The average molecular weight is 296 g/mol. The fraction of sp³-hybridized carbons (Fsp3) is 0.0714. The molecule has 0 saturated heterocycles. The summed E-state index contributed by atoms with van der Waals surface area (Å²) in [6, 6.07) is 12.9. The molecule has 98 valence electrons. The summed E-state index contributed by atoms with van der Waals surface area (Å²) in [6.45, 7) is 0. The highest BCUT2D eigenvalue weighted by molar-refractivity contribution is 8.00. The monoisotopic (exact) mass is 295 g/mol. The van der Waals surface area contributed by atoms with Crippen molar-refractivity contribution < 1.29 is 9.18 Å². The Hall–Kier alpha value is -1.52. The molecule has 0 saturated carbocycles. The molecular formula is C14H11ClFNOS. The maximum absolute atomic E-state index is 12.7. The number of carbonyl (C=O) groups excluding carboxylic acids is 1. The van der Waals surface area contributed by atoms with Crippen LogP contribution in [0.2, 0.25) is 5.02 Å². The summed E-state index contributed by atoms with van der Waals surface area (Å²) in [7, 11) is 0. The molecule has 0 unspecified atom stereocenters. The van der Waals surface area contributed by atoms with Crippen LogP contribution in [0.4, 0.5) is 10.1 Å². The Balaban J connectivity index is 1.84. The number of benzene rings is 2. The minimum absolute atomic E-state index is 0.133. The van der Waals surface area contributed by atoms with Crippen LogP contribution in [-0.2, 0) is 4.79 Å². The molecule has 1 amide bonds. The zero-order valence-electron chi connectivity index (χ0n) is 9.90. The molecule has 0 aliphatic rings. The summed E-state index contributed by atoms with van der Waals surface area (Å²) in [5.74, 6) is -0.168. The number of anilines is 1. The highest BCUT2D eigenvalue weighted by Gasteiger charge is 2.04. The van der Waals surface area contributed by atoms with Gasteiger partial charge >= 0.3 is 0 Å². The Kier molecular flexibility index (Phi) is 4.82. The predicted molar refractivity (Wildman–Crippen MR) is 77.2 cm³/mol. The zero-order valence-corrected chi connectivity index (χ0v) is 11.5. The van der Waals surface area contributed by atoms with Crippen LogP contribution in [0.5, 0.6) is 0 Å². The topological polar surface area (TPSA) is 29.1 Å². The number of amides is 1. The van der Waals surface area contributed by atoms with E-state index in [0.29, 0.717) is 16.5 Å². The minimum atomic E-state index is -0.325. The van der Waals surface area contributed by atoms with Crippen LogP contribution in [0.3, 0.4) is 0 Å². The van der Waals surface area contributed by atoms with Crippen LogP contribution >= 0.6 is 23.4 Å². The second-order valence-corrected chi connectivity index (χ2v) is 5.28. The van der Waals surface area contributed by atoms with Gasteiger partial charge in [0.25, 0.3) is 0 Å². The molecule has 0 aromatic heterocycles. The van der Waals surface area contributed by atoms with E-state index < -0.39 is 0 Å². The Labute approximate surface area is 120 Å². The first kappa shape index (κ1) is 13.9. The van der Waals surface area contributed by atoms with Gasteiger partial charge in [-0.15, -0.1) is 11.8 Å². The fourth-order valence-electron chi connectivity index (χ4n) is 1.41. The number of carbonyl (C=O) groups is 1. The van der Waals surface area contributed by atoms with E-state index >= 15 is 0 Å². The highest BCUT2D eigenvalue weighted by atomic mass is 35.5. The summed E-state index contributed by atoms with van der Waals surface area (Å²) in [5, 5.41) is 3.37. The number of hydrogen-bond donors (Lipinski definition) is 1. The molecule has 2 nitrogen and oxygen atoms in total. The van der Waals surface area contributed by atoms with Gasteiger partial charge in [0.05, 0.1) is 5.75 Å². The van der Waals surface area contributed by atoms with Crippen LogP contribution in [0.25, 0.3) is 0 Å². The molecule has 0 fully saturated rings. The lowest BCUT2D eigenvalue weighted by Gasteiger charge is -2.05. The SMILES string of the molecule is O=C(CSc1ccc(Cl)cc1)Nc1ccc(F)cc1. The quantitative estimate of drug-likeness (QED) is 0.856. The molecule has 19 heavy (non-hydrogen) atoms. The lowest BCUT2D eigenvalue weighted by atomic mass is 10.3. The van der Waals surface area contributed by atoms with E-state index in [2.05, 4.69) is 5.32 Å². The van der Waals surface area contributed by atoms with Gasteiger partial charge in [0, 0.05) is 15.6 Å².